The first kappa shape index (κ1) is 14.4. The Morgan fingerprint density at radius 3 is 2.63 bits per heavy atom. The Bertz CT molecular complexity index is 493. The van der Waals surface area contributed by atoms with Crippen molar-refractivity contribution in [3.8, 4) is 0 Å². The number of hydrogen-bond donors (Lipinski definition) is 1. The van der Waals surface area contributed by atoms with Crippen molar-refractivity contribution in [3.05, 3.63) is 58.5 Å². The lowest BCUT2D eigenvalue weighted by Gasteiger charge is -2.20. The molecule has 1 aromatic carbocycles. The summed E-state index contributed by atoms with van der Waals surface area (Å²) in [6, 6.07) is 11.0. The third-order valence-corrected chi connectivity index (χ3v) is 3.90. The molecule has 0 aliphatic carbocycles. The Morgan fingerprint density at radius 2 is 2.00 bits per heavy atom. The Morgan fingerprint density at radius 1 is 1.21 bits per heavy atom. The summed E-state index contributed by atoms with van der Waals surface area (Å²) < 4.78 is 6.35. The Hall–Kier alpha value is -1.06. The SMILES string of the molecule is CC(C)NCC(Cc1ccoc1)c1ccccc1Br. The number of nitrogens with one attached hydrogen (secondary N) is 1. The summed E-state index contributed by atoms with van der Waals surface area (Å²) in [4.78, 5) is 0. The molecule has 0 saturated heterocycles. The summed E-state index contributed by atoms with van der Waals surface area (Å²) in [5.41, 5.74) is 2.59. The second kappa shape index (κ2) is 6.92. The van der Waals surface area contributed by atoms with Crippen molar-refractivity contribution < 1.29 is 4.42 Å². The molecule has 102 valence electrons. The summed E-state index contributed by atoms with van der Waals surface area (Å²) in [5, 5.41) is 3.53. The van der Waals surface area contributed by atoms with Gasteiger partial charge in [0.15, 0.2) is 0 Å². The van der Waals surface area contributed by atoms with Gasteiger partial charge in [0.25, 0.3) is 0 Å². The average Bonchev–Trinajstić information content (AvgIpc) is 2.88. The highest BCUT2D eigenvalue weighted by Crippen LogP contribution is 2.27. The van der Waals surface area contributed by atoms with Crippen molar-refractivity contribution in [2.75, 3.05) is 6.54 Å². The molecule has 1 unspecified atom stereocenters. The zero-order chi connectivity index (χ0) is 13.7. The molecule has 0 saturated carbocycles. The van der Waals surface area contributed by atoms with Crippen molar-refractivity contribution in [2.45, 2.75) is 32.2 Å². The molecule has 2 nitrogen and oxygen atoms in total. The van der Waals surface area contributed by atoms with Crippen LogP contribution in [0.1, 0.15) is 30.9 Å². The largest absolute Gasteiger partial charge is 0.472 e. The molecule has 19 heavy (non-hydrogen) atoms. The quantitative estimate of drug-likeness (QED) is 0.854. The number of halogens is 1. The summed E-state index contributed by atoms with van der Waals surface area (Å²) in [6.07, 6.45) is 4.56. The lowest BCUT2D eigenvalue weighted by Crippen LogP contribution is -2.29. The van der Waals surface area contributed by atoms with Gasteiger partial charge in [0, 0.05) is 23.0 Å². The maximum atomic E-state index is 5.17. The molecule has 1 aromatic heterocycles. The molecular weight excluding hydrogens is 302 g/mol. The minimum absolute atomic E-state index is 0.440. The lowest BCUT2D eigenvalue weighted by atomic mass is 9.93. The number of hydrogen-bond acceptors (Lipinski definition) is 2. The highest BCUT2D eigenvalue weighted by molar-refractivity contribution is 9.10. The van der Waals surface area contributed by atoms with Gasteiger partial charge in [0.1, 0.15) is 0 Å². The first-order valence-corrected chi connectivity index (χ1v) is 7.45. The summed E-state index contributed by atoms with van der Waals surface area (Å²) in [6.45, 7) is 5.31. The standard InChI is InChI=1S/C16H20BrNO/c1-12(2)18-10-14(9-13-7-8-19-11-13)15-5-3-4-6-16(15)17/h3-8,11-12,14,18H,9-10H2,1-2H3. The molecule has 0 radical (unpaired) electrons. The third kappa shape index (κ3) is 4.22. The zero-order valence-corrected chi connectivity index (χ0v) is 13.0. The second-order valence-corrected chi connectivity index (χ2v) is 5.97. The maximum absolute atomic E-state index is 5.17. The maximum Gasteiger partial charge on any atom is 0.0934 e. The van der Waals surface area contributed by atoms with Crippen LogP contribution in [-0.4, -0.2) is 12.6 Å². The number of benzene rings is 1. The van der Waals surface area contributed by atoms with E-state index in [2.05, 4.69) is 59.4 Å². The normalized spacial score (nSPS) is 12.8. The molecule has 2 aromatic rings. The van der Waals surface area contributed by atoms with Crippen LogP contribution in [-0.2, 0) is 6.42 Å². The Balaban J connectivity index is 2.16. The van der Waals surface area contributed by atoms with Gasteiger partial charge in [-0.25, -0.2) is 0 Å². The molecule has 0 spiro atoms. The molecular formula is C16H20BrNO. The van der Waals surface area contributed by atoms with Gasteiger partial charge in [-0.3, -0.25) is 0 Å². The third-order valence-electron chi connectivity index (χ3n) is 3.18. The van der Waals surface area contributed by atoms with E-state index in [-0.39, 0.29) is 0 Å². The van der Waals surface area contributed by atoms with Gasteiger partial charge in [-0.2, -0.15) is 0 Å². The van der Waals surface area contributed by atoms with E-state index >= 15 is 0 Å². The van der Waals surface area contributed by atoms with Crippen molar-refractivity contribution in [2.24, 2.45) is 0 Å². The minimum atomic E-state index is 0.440. The molecule has 0 amide bonds. The van der Waals surface area contributed by atoms with Crippen LogP contribution < -0.4 is 5.32 Å². The Kier molecular flexibility index (Phi) is 5.23. The van der Waals surface area contributed by atoms with E-state index in [1.807, 2.05) is 12.3 Å². The summed E-state index contributed by atoms with van der Waals surface area (Å²) >= 11 is 3.66. The molecule has 0 fully saturated rings. The van der Waals surface area contributed by atoms with E-state index in [9.17, 15) is 0 Å². The Labute approximate surface area is 123 Å². The topological polar surface area (TPSA) is 25.2 Å². The lowest BCUT2D eigenvalue weighted by molar-refractivity contribution is 0.521. The molecule has 1 N–H and O–H groups in total. The van der Waals surface area contributed by atoms with Crippen molar-refractivity contribution in [1.82, 2.24) is 5.32 Å². The van der Waals surface area contributed by atoms with E-state index < -0.39 is 0 Å². The first-order valence-electron chi connectivity index (χ1n) is 6.65. The molecule has 2 rings (SSSR count). The van der Waals surface area contributed by atoms with Gasteiger partial charge in [-0.05, 0) is 29.7 Å². The van der Waals surface area contributed by atoms with Crippen LogP contribution in [0, 0.1) is 0 Å². The summed E-state index contributed by atoms with van der Waals surface area (Å²) in [5.74, 6) is 0.440. The van der Waals surface area contributed by atoms with E-state index in [1.54, 1.807) is 6.26 Å². The van der Waals surface area contributed by atoms with E-state index in [1.165, 1.54) is 15.6 Å². The van der Waals surface area contributed by atoms with Crippen LogP contribution in [0.5, 0.6) is 0 Å². The van der Waals surface area contributed by atoms with E-state index in [4.69, 9.17) is 4.42 Å². The molecule has 1 atom stereocenters. The van der Waals surface area contributed by atoms with Crippen molar-refractivity contribution >= 4 is 15.9 Å². The predicted octanol–water partition coefficient (Wildman–Crippen LogP) is 4.37. The monoisotopic (exact) mass is 321 g/mol. The molecule has 0 aliphatic rings. The molecule has 0 bridgehead atoms. The van der Waals surface area contributed by atoms with Gasteiger partial charge in [0.2, 0.25) is 0 Å². The van der Waals surface area contributed by atoms with Crippen LogP contribution in [0.25, 0.3) is 0 Å². The van der Waals surface area contributed by atoms with Gasteiger partial charge in [0.05, 0.1) is 12.5 Å². The fourth-order valence-electron chi connectivity index (χ4n) is 2.17. The van der Waals surface area contributed by atoms with Gasteiger partial charge < -0.3 is 9.73 Å². The minimum Gasteiger partial charge on any atom is -0.472 e. The van der Waals surface area contributed by atoms with Crippen LogP contribution >= 0.6 is 15.9 Å². The van der Waals surface area contributed by atoms with E-state index in [0.29, 0.717) is 12.0 Å². The van der Waals surface area contributed by atoms with Gasteiger partial charge in [-0.1, -0.05) is 48.0 Å². The first-order chi connectivity index (χ1) is 9.16. The van der Waals surface area contributed by atoms with Crippen molar-refractivity contribution in [1.29, 1.82) is 0 Å². The number of rotatable bonds is 6. The highest BCUT2D eigenvalue weighted by Gasteiger charge is 2.15. The van der Waals surface area contributed by atoms with Crippen molar-refractivity contribution in [3.63, 3.8) is 0 Å². The highest BCUT2D eigenvalue weighted by atomic mass is 79.9. The summed E-state index contributed by atoms with van der Waals surface area (Å²) in [7, 11) is 0. The van der Waals surface area contributed by atoms with Crippen LogP contribution in [0.15, 0.2) is 51.7 Å². The second-order valence-electron chi connectivity index (χ2n) is 5.12. The fraction of sp³-hybridized carbons (Fsp3) is 0.375. The average molecular weight is 322 g/mol. The fourth-order valence-corrected chi connectivity index (χ4v) is 2.78. The number of furan rings is 1. The van der Waals surface area contributed by atoms with Gasteiger partial charge in [-0.15, -0.1) is 0 Å². The van der Waals surface area contributed by atoms with Crippen LogP contribution in [0.4, 0.5) is 0 Å². The van der Waals surface area contributed by atoms with E-state index in [0.717, 1.165) is 13.0 Å². The zero-order valence-electron chi connectivity index (χ0n) is 11.4. The molecule has 0 aliphatic heterocycles. The molecule has 3 heteroatoms. The predicted molar refractivity (Wildman–Crippen MR) is 82.4 cm³/mol. The smallest absolute Gasteiger partial charge is 0.0934 e. The van der Waals surface area contributed by atoms with Crippen LogP contribution in [0.2, 0.25) is 0 Å². The molecule has 1 heterocycles. The van der Waals surface area contributed by atoms with Gasteiger partial charge >= 0.3 is 0 Å². The van der Waals surface area contributed by atoms with Crippen LogP contribution in [0.3, 0.4) is 0 Å².